The van der Waals surface area contributed by atoms with Crippen LogP contribution in [0.5, 0.6) is 0 Å². The largest absolute Gasteiger partial charge is 0.396 e. The summed E-state index contributed by atoms with van der Waals surface area (Å²) in [6.45, 7) is 0.304. The molecular weight excluding hydrogens is 289 g/mol. The highest BCUT2D eigenvalue weighted by Crippen LogP contribution is 2.29. The summed E-state index contributed by atoms with van der Waals surface area (Å²) in [5.74, 6) is -0.402. The topological polar surface area (TPSA) is 75.4 Å². The SMILES string of the molecule is CNC(=O)CCN(C)C(=O)c1cc(Cl)c(N)c(Cl)c1. The molecule has 1 rings (SSSR count). The van der Waals surface area contributed by atoms with Crippen molar-refractivity contribution in [3.8, 4) is 0 Å². The Hall–Kier alpha value is -1.46. The lowest BCUT2D eigenvalue weighted by atomic mass is 10.2. The van der Waals surface area contributed by atoms with Crippen LogP contribution in [-0.4, -0.2) is 37.4 Å². The Morgan fingerprint density at radius 1 is 1.32 bits per heavy atom. The zero-order valence-corrected chi connectivity index (χ0v) is 12.2. The van der Waals surface area contributed by atoms with Gasteiger partial charge in [-0.05, 0) is 12.1 Å². The number of hydrogen-bond donors (Lipinski definition) is 2. The number of halogens is 2. The van der Waals surface area contributed by atoms with Crippen LogP contribution in [0, 0.1) is 0 Å². The first-order valence-corrected chi connectivity index (χ1v) is 6.33. The summed E-state index contributed by atoms with van der Waals surface area (Å²) in [4.78, 5) is 24.6. The zero-order chi connectivity index (χ0) is 14.6. The molecule has 0 saturated heterocycles. The van der Waals surface area contributed by atoms with E-state index in [4.69, 9.17) is 28.9 Å². The smallest absolute Gasteiger partial charge is 0.253 e. The van der Waals surface area contributed by atoms with Crippen LogP contribution in [0.15, 0.2) is 12.1 Å². The van der Waals surface area contributed by atoms with Gasteiger partial charge in [0.15, 0.2) is 0 Å². The molecule has 104 valence electrons. The van der Waals surface area contributed by atoms with E-state index in [-0.39, 0.29) is 34.0 Å². The molecule has 0 radical (unpaired) electrons. The minimum atomic E-state index is -0.271. The third kappa shape index (κ3) is 4.01. The normalized spacial score (nSPS) is 10.1. The van der Waals surface area contributed by atoms with E-state index >= 15 is 0 Å². The maximum absolute atomic E-state index is 12.1. The summed E-state index contributed by atoms with van der Waals surface area (Å²) in [5.41, 5.74) is 6.18. The number of rotatable bonds is 4. The van der Waals surface area contributed by atoms with Crippen molar-refractivity contribution in [3.05, 3.63) is 27.7 Å². The lowest BCUT2D eigenvalue weighted by Gasteiger charge is -2.17. The number of nitrogens with zero attached hydrogens (tertiary/aromatic N) is 1. The Kier molecular flexibility index (Phi) is 5.44. The van der Waals surface area contributed by atoms with Crippen LogP contribution in [0.4, 0.5) is 5.69 Å². The second-order valence-corrected chi connectivity index (χ2v) is 4.82. The van der Waals surface area contributed by atoms with Crippen molar-refractivity contribution in [2.24, 2.45) is 0 Å². The van der Waals surface area contributed by atoms with E-state index in [2.05, 4.69) is 5.32 Å². The second-order valence-electron chi connectivity index (χ2n) is 4.00. The predicted octanol–water partition coefficient (Wildman–Crippen LogP) is 1.78. The highest BCUT2D eigenvalue weighted by Gasteiger charge is 2.15. The van der Waals surface area contributed by atoms with Crippen LogP contribution < -0.4 is 11.1 Å². The van der Waals surface area contributed by atoms with E-state index in [1.165, 1.54) is 17.0 Å². The van der Waals surface area contributed by atoms with Crippen molar-refractivity contribution in [2.75, 3.05) is 26.4 Å². The fourth-order valence-electron chi connectivity index (χ4n) is 1.42. The molecule has 0 bridgehead atoms. The number of nitrogens with two attached hydrogens (primary N) is 1. The number of benzene rings is 1. The van der Waals surface area contributed by atoms with Gasteiger partial charge in [0.25, 0.3) is 5.91 Å². The van der Waals surface area contributed by atoms with E-state index in [0.29, 0.717) is 12.1 Å². The van der Waals surface area contributed by atoms with Crippen LogP contribution in [0.25, 0.3) is 0 Å². The van der Waals surface area contributed by atoms with Gasteiger partial charge in [-0.1, -0.05) is 23.2 Å². The van der Waals surface area contributed by atoms with Gasteiger partial charge < -0.3 is 16.0 Å². The first-order valence-electron chi connectivity index (χ1n) is 5.57. The Morgan fingerprint density at radius 3 is 2.32 bits per heavy atom. The van der Waals surface area contributed by atoms with Gasteiger partial charge in [-0.15, -0.1) is 0 Å². The van der Waals surface area contributed by atoms with Crippen molar-refractivity contribution in [1.82, 2.24) is 10.2 Å². The van der Waals surface area contributed by atoms with Gasteiger partial charge in [0.2, 0.25) is 5.91 Å². The second kappa shape index (κ2) is 6.63. The highest BCUT2D eigenvalue weighted by molar-refractivity contribution is 6.39. The van der Waals surface area contributed by atoms with Crippen LogP contribution in [0.1, 0.15) is 16.8 Å². The number of nitrogens with one attached hydrogen (secondary N) is 1. The lowest BCUT2D eigenvalue weighted by molar-refractivity contribution is -0.120. The van der Waals surface area contributed by atoms with Gasteiger partial charge in [-0.2, -0.15) is 0 Å². The molecule has 0 aliphatic carbocycles. The van der Waals surface area contributed by atoms with Gasteiger partial charge in [-0.25, -0.2) is 0 Å². The van der Waals surface area contributed by atoms with Crippen molar-refractivity contribution in [3.63, 3.8) is 0 Å². The van der Waals surface area contributed by atoms with Gasteiger partial charge in [-0.3, -0.25) is 9.59 Å². The minimum absolute atomic E-state index is 0.131. The summed E-state index contributed by atoms with van der Waals surface area (Å²) >= 11 is 11.7. The lowest BCUT2D eigenvalue weighted by Crippen LogP contribution is -2.31. The summed E-state index contributed by atoms with van der Waals surface area (Å²) in [6, 6.07) is 2.92. The van der Waals surface area contributed by atoms with E-state index in [1.54, 1.807) is 14.1 Å². The van der Waals surface area contributed by atoms with Gasteiger partial charge in [0.1, 0.15) is 0 Å². The number of amides is 2. The molecule has 0 atom stereocenters. The fourth-order valence-corrected chi connectivity index (χ4v) is 1.91. The first-order chi connectivity index (χ1) is 8.86. The number of anilines is 1. The van der Waals surface area contributed by atoms with Crippen LogP contribution in [0.3, 0.4) is 0 Å². The van der Waals surface area contributed by atoms with Crippen LogP contribution >= 0.6 is 23.2 Å². The summed E-state index contributed by atoms with van der Waals surface area (Å²) < 4.78 is 0. The molecule has 1 aromatic rings. The van der Waals surface area contributed by atoms with Crippen LogP contribution in [-0.2, 0) is 4.79 Å². The molecule has 5 nitrogen and oxygen atoms in total. The van der Waals surface area contributed by atoms with Crippen molar-refractivity contribution in [1.29, 1.82) is 0 Å². The molecule has 0 saturated carbocycles. The molecule has 3 N–H and O–H groups in total. The summed E-state index contributed by atoms with van der Waals surface area (Å²) in [7, 11) is 3.15. The van der Waals surface area contributed by atoms with Crippen molar-refractivity contribution < 1.29 is 9.59 Å². The zero-order valence-electron chi connectivity index (χ0n) is 10.7. The standard InChI is InChI=1S/C12H15Cl2N3O2/c1-16-10(18)3-4-17(2)12(19)7-5-8(13)11(15)9(14)6-7/h5-6H,3-4,15H2,1-2H3,(H,16,18). The molecule has 2 amide bonds. The fraction of sp³-hybridized carbons (Fsp3) is 0.333. The van der Waals surface area contributed by atoms with E-state index < -0.39 is 0 Å². The number of nitrogen functional groups attached to an aromatic ring is 1. The molecule has 0 aliphatic rings. The molecule has 0 aromatic heterocycles. The van der Waals surface area contributed by atoms with Gasteiger partial charge in [0.05, 0.1) is 15.7 Å². The molecule has 0 spiro atoms. The number of hydrogen-bond acceptors (Lipinski definition) is 3. The van der Waals surface area contributed by atoms with Crippen LogP contribution in [0.2, 0.25) is 10.0 Å². The van der Waals surface area contributed by atoms with E-state index in [0.717, 1.165) is 0 Å². The predicted molar refractivity (Wildman–Crippen MR) is 76.5 cm³/mol. The third-order valence-corrected chi connectivity index (χ3v) is 3.25. The molecular formula is C12H15Cl2N3O2. The molecule has 7 heteroatoms. The average molecular weight is 304 g/mol. The van der Waals surface area contributed by atoms with E-state index in [1.807, 2.05) is 0 Å². The molecule has 1 aromatic carbocycles. The molecule has 0 heterocycles. The first kappa shape index (κ1) is 15.6. The van der Waals surface area contributed by atoms with E-state index in [9.17, 15) is 9.59 Å². The molecule has 0 unspecified atom stereocenters. The Balaban J connectivity index is 2.80. The maximum Gasteiger partial charge on any atom is 0.253 e. The van der Waals surface area contributed by atoms with Crippen molar-refractivity contribution in [2.45, 2.75) is 6.42 Å². The number of carbonyl (C=O) groups excluding carboxylic acids is 2. The average Bonchev–Trinajstić information content (AvgIpc) is 2.40. The molecule has 19 heavy (non-hydrogen) atoms. The number of carbonyl (C=O) groups is 2. The Morgan fingerprint density at radius 2 is 1.84 bits per heavy atom. The maximum atomic E-state index is 12.1. The van der Waals surface area contributed by atoms with Gasteiger partial charge in [0, 0.05) is 32.6 Å². The third-order valence-electron chi connectivity index (χ3n) is 2.63. The minimum Gasteiger partial charge on any atom is -0.396 e. The molecule has 0 fully saturated rings. The highest BCUT2D eigenvalue weighted by atomic mass is 35.5. The monoisotopic (exact) mass is 303 g/mol. The quantitative estimate of drug-likeness (QED) is 0.833. The summed E-state index contributed by atoms with van der Waals surface area (Å²) in [6.07, 6.45) is 0.231. The Bertz CT molecular complexity index is 483. The Labute approximate surface area is 121 Å². The molecule has 0 aliphatic heterocycles. The summed E-state index contributed by atoms with van der Waals surface area (Å²) in [5, 5.41) is 2.95. The van der Waals surface area contributed by atoms with Crippen molar-refractivity contribution >= 4 is 40.7 Å². The van der Waals surface area contributed by atoms with Gasteiger partial charge >= 0.3 is 0 Å².